The molecule has 0 bridgehead atoms. The first-order valence-corrected chi connectivity index (χ1v) is 10.4. The Balaban J connectivity index is 1.68. The van der Waals surface area contributed by atoms with E-state index >= 15 is 0 Å². The van der Waals surface area contributed by atoms with E-state index in [0.29, 0.717) is 19.3 Å². The van der Waals surface area contributed by atoms with Crippen molar-refractivity contribution in [3.8, 4) is 5.75 Å². The number of piperidine rings is 1. The van der Waals surface area contributed by atoms with Crippen LogP contribution in [0.4, 0.5) is 0 Å². The second kappa shape index (κ2) is 12.4. The SMILES string of the molecule is O=C(O)CCCCCCN1C(=O)CCC[C@@H]1CCC(O)COc1ccccc1. The Labute approximate surface area is 167 Å². The van der Waals surface area contributed by atoms with Gasteiger partial charge >= 0.3 is 5.97 Å². The number of aliphatic carboxylic acids is 1. The van der Waals surface area contributed by atoms with Crippen molar-refractivity contribution in [2.24, 2.45) is 0 Å². The van der Waals surface area contributed by atoms with Crippen LogP contribution < -0.4 is 4.74 Å². The van der Waals surface area contributed by atoms with Crippen LogP contribution in [0.15, 0.2) is 30.3 Å². The normalized spacial score (nSPS) is 18.1. The first-order valence-electron chi connectivity index (χ1n) is 10.4. The number of carbonyl (C=O) groups is 2. The van der Waals surface area contributed by atoms with E-state index in [1.807, 2.05) is 35.2 Å². The standard InChI is InChI=1S/C22H33NO5/c24-19(17-28-20-10-4-3-5-11-20)15-14-18-9-8-12-21(25)23(18)16-7-2-1-6-13-22(26)27/h3-5,10-11,18-19,24H,1-2,6-9,12-17H2,(H,26,27)/t18-,19?/m1/s1. The number of hydrogen-bond donors (Lipinski definition) is 2. The number of unbranched alkanes of at least 4 members (excludes halogenated alkanes) is 3. The van der Waals surface area contributed by atoms with Crippen LogP contribution in [0.5, 0.6) is 5.75 Å². The largest absolute Gasteiger partial charge is 0.491 e. The molecule has 1 unspecified atom stereocenters. The lowest BCUT2D eigenvalue weighted by atomic mass is 9.95. The van der Waals surface area contributed by atoms with Gasteiger partial charge in [0, 0.05) is 25.4 Å². The number of amides is 1. The molecule has 2 rings (SSSR count). The summed E-state index contributed by atoms with van der Waals surface area (Å²) in [5.74, 6) is 0.205. The fourth-order valence-electron chi connectivity index (χ4n) is 3.69. The van der Waals surface area contributed by atoms with E-state index < -0.39 is 12.1 Å². The van der Waals surface area contributed by atoms with Gasteiger partial charge in [-0.25, -0.2) is 0 Å². The number of aliphatic hydroxyl groups excluding tert-OH is 1. The van der Waals surface area contributed by atoms with E-state index in [2.05, 4.69) is 0 Å². The Kier molecular flexibility index (Phi) is 9.83. The molecule has 0 saturated carbocycles. The molecule has 0 aromatic heterocycles. The smallest absolute Gasteiger partial charge is 0.303 e. The van der Waals surface area contributed by atoms with Crippen LogP contribution in [0.2, 0.25) is 0 Å². The number of carboxylic acid groups (broad SMARTS) is 1. The minimum Gasteiger partial charge on any atom is -0.491 e. The van der Waals surface area contributed by atoms with Gasteiger partial charge in [-0.2, -0.15) is 0 Å². The van der Waals surface area contributed by atoms with Crippen molar-refractivity contribution in [3.63, 3.8) is 0 Å². The highest BCUT2D eigenvalue weighted by Crippen LogP contribution is 2.23. The summed E-state index contributed by atoms with van der Waals surface area (Å²) in [6, 6.07) is 9.63. The molecular weight excluding hydrogens is 358 g/mol. The highest BCUT2D eigenvalue weighted by Gasteiger charge is 2.27. The highest BCUT2D eigenvalue weighted by atomic mass is 16.5. The zero-order chi connectivity index (χ0) is 20.2. The van der Waals surface area contributed by atoms with Gasteiger partial charge in [-0.3, -0.25) is 9.59 Å². The molecule has 0 radical (unpaired) electrons. The number of rotatable bonds is 13. The molecule has 1 aromatic carbocycles. The summed E-state index contributed by atoms with van der Waals surface area (Å²) in [6.07, 6.45) is 6.99. The number of carboxylic acids is 1. The molecule has 1 aliphatic heterocycles. The lowest BCUT2D eigenvalue weighted by molar-refractivity contribution is -0.137. The van der Waals surface area contributed by atoms with Crippen LogP contribution in [0.25, 0.3) is 0 Å². The van der Waals surface area contributed by atoms with Crippen molar-refractivity contribution in [3.05, 3.63) is 30.3 Å². The molecule has 156 valence electrons. The number of carbonyl (C=O) groups excluding carboxylic acids is 1. The van der Waals surface area contributed by atoms with Gasteiger partial charge in [0.1, 0.15) is 12.4 Å². The van der Waals surface area contributed by atoms with E-state index in [1.54, 1.807) is 0 Å². The number of nitrogens with zero attached hydrogens (tertiary/aromatic N) is 1. The Morgan fingerprint density at radius 2 is 1.93 bits per heavy atom. The molecule has 6 heteroatoms. The fraction of sp³-hybridized carbons (Fsp3) is 0.636. The van der Waals surface area contributed by atoms with Crippen molar-refractivity contribution in [1.29, 1.82) is 0 Å². The van der Waals surface area contributed by atoms with Gasteiger partial charge in [-0.15, -0.1) is 0 Å². The molecule has 0 spiro atoms. The molecule has 1 fully saturated rings. The first kappa shape index (κ1) is 22.2. The van der Waals surface area contributed by atoms with Gasteiger partial charge in [0.2, 0.25) is 5.91 Å². The van der Waals surface area contributed by atoms with Crippen LogP contribution in [0.1, 0.15) is 64.2 Å². The maximum absolute atomic E-state index is 12.3. The minimum atomic E-state index is -0.749. The van der Waals surface area contributed by atoms with Crippen LogP contribution in [0.3, 0.4) is 0 Å². The second-order valence-corrected chi connectivity index (χ2v) is 7.55. The quantitative estimate of drug-likeness (QED) is 0.502. The number of hydrogen-bond acceptors (Lipinski definition) is 4. The number of likely N-dealkylation sites (tertiary alicyclic amines) is 1. The van der Waals surface area contributed by atoms with Gasteiger partial charge in [-0.1, -0.05) is 31.0 Å². The summed E-state index contributed by atoms with van der Waals surface area (Å²) in [5.41, 5.74) is 0. The van der Waals surface area contributed by atoms with Crippen LogP contribution in [0, 0.1) is 0 Å². The Morgan fingerprint density at radius 1 is 1.18 bits per heavy atom. The molecule has 1 aliphatic rings. The lowest BCUT2D eigenvalue weighted by Gasteiger charge is -2.36. The molecule has 1 aromatic rings. The number of ether oxygens (including phenoxy) is 1. The molecule has 2 N–H and O–H groups in total. The van der Waals surface area contributed by atoms with Crippen LogP contribution >= 0.6 is 0 Å². The molecule has 1 heterocycles. The van der Waals surface area contributed by atoms with Gasteiger partial charge in [0.25, 0.3) is 0 Å². The van der Waals surface area contributed by atoms with E-state index in [0.717, 1.165) is 50.8 Å². The Hall–Kier alpha value is -2.08. The van der Waals surface area contributed by atoms with Gasteiger partial charge in [0.05, 0.1) is 6.10 Å². The van der Waals surface area contributed by atoms with Crippen LogP contribution in [-0.4, -0.2) is 52.3 Å². The van der Waals surface area contributed by atoms with E-state index in [9.17, 15) is 14.7 Å². The van der Waals surface area contributed by atoms with E-state index in [4.69, 9.17) is 9.84 Å². The summed E-state index contributed by atoms with van der Waals surface area (Å²) in [5, 5.41) is 18.9. The molecule has 2 atom stereocenters. The van der Waals surface area contributed by atoms with E-state index in [1.165, 1.54) is 0 Å². The summed E-state index contributed by atoms with van der Waals surface area (Å²) in [7, 11) is 0. The molecule has 6 nitrogen and oxygen atoms in total. The van der Waals surface area contributed by atoms with Gasteiger partial charge in [-0.05, 0) is 50.7 Å². The first-order chi connectivity index (χ1) is 13.6. The van der Waals surface area contributed by atoms with Crippen molar-refractivity contribution in [1.82, 2.24) is 4.90 Å². The maximum Gasteiger partial charge on any atom is 0.303 e. The monoisotopic (exact) mass is 391 g/mol. The van der Waals surface area contributed by atoms with E-state index in [-0.39, 0.29) is 25.0 Å². The molecule has 0 aliphatic carbocycles. The highest BCUT2D eigenvalue weighted by molar-refractivity contribution is 5.77. The predicted octanol–water partition coefficient (Wildman–Crippen LogP) is 3.62. The number of benzene rings is 1. The zero-order valence-corrected chi connectivity index (χ0v) is 16.6. The summed E-state index contributed by atoms with van der Waals surface area (Å²) in [6.45, 7) is 0.988. The third kappa shape index (κ3) is 8.30. The van der Waals surface area contributed by atoms with Gasteiger partial charge in [0.15, 0.2) is 0 Å². The average Bonchev–Trinajstić information content (AvgIpc) is 2.69. The van der Waals surface area contributed by atoms with Crippen molar-refractivity contribution >= 4 is 11.9 Å². The third-order valence-corrected chi connectivity index (χ3v) is 5.25. The summed E-state index contributed by atoms with van der Waals surface area (Å²) in [4.78, 5) is 24.8. The Bertz CT molecular complexity index is 592. The molecule has 28 heavy (non-hydrogen) atoms. The number of para-hydroxylation sites is 1. The summed E-state index contributed by atoms with van der Waals surface area (Å²) >= 11 is 0. The molecule has 1 amide bonds. The fourth-order valence-corrected chi connectivity index (χ4v) is 3.69. The minimum absolute atomic E-state index is 0.187. The third-order valence-electron chi connectivity index (χ3n) is 5.25. The second-order valence-electron chi connectivity index (χ2n) is 7.55. The van der Waals surface area contributed by atoms with Crippen molar-refractivity contribution in [2.75, 3.05) is 13.2 Å². The summed E-state index contributed by atoms with van der Waals surface area (Å²) < 4.78 is 5.60. The van der Waals surface area contributed by atoms with Crippen LogP contribution in [-0.2, 0) is 9.59 Å². The maximum atomic E-state index is 12.3. The molecular formula is C22H33NO5. The van der Waals surface area contributed by atoms with Gasteiger partial charge < -0.3 is 19.8 Å². The predicted molar refractivity (Wildman–Crippen MR) is 107 cm³/mol. The number of aliphatic hydroxyl groups is 1. The lowest BCUT2D eigenvalue weighted by Crippen LogP contribution is -2.44. The topological polar surface area (TPSA) is 87.1 Å². The van der Waals surface area contributed by atoms with Crippen molar-refractivity contribution < 1.29 is 24.5 Å². The zero-order valence-electron chi connectivity index (χ0n) is 16.6. The average molecular weight is 392 g/mol. The van der Waals surface area contributed by atoms with Crippen molar-refractivity contribution in [2.45, 2.75) is 76.4 Å². The Morgan fingerprint density at radius 3 is 2.68 bits per heavy atom. The molecule has 1 saturated heterocycles.